The zero-order valence-corrected chi connectivity index (χ0v) is 17.6. The second kappa shape index (κ2) is 9.39. The number of para-hydroxylation sites is 1. The average Bonchev–Trinajstić information content (AvgIpc) is 3.23. The van der Waals surface area contributed by atoms with Crippen LogP contribution in [0, 0.1) is 5.82 Å². The Kier molecular flexibility index (Phi) is 6.42. The first-order chi connectivity index (χ1) is 15.0. The van der Waals surface area contributed by atoms with Crippen molar-refractivity contribution < 1.29 is 14.0 Å². The Labute approximate surface area is 181 Å². The van der Waals surface area contributed by atoms with Crippen LogP contribution in [0.15, 0.2) is 59.7 Å². The summed E-state index contributed by atoms with van der Waals surface area (Å²) in [5.74, 6) is -0.427. The highest BCUT2D eigenvalue weighted by Gasteiger charge is 2.35. The van der Waals surface area contributed by atoms with E-state index in [9.17, 15) is 14.0 Å². The van der Waals surface area contributed by atoms with Crippen LogP contribution in [0.25, 0.3) is 0 Å². The minimum atomic E-state index is -0.444. The lowest BCUT2D eigenvalue weighted by molar-refractivity contribution is -0.118. The molecule has 4 rings (SSSR count). The van der Waals surface area contributed by atoms with Gasteiger partial charge in [-0.3, -0.25) is 19.5 Å². The number of hydrazone groups is 1. The largest absolute Gasteiger partial charge is 0.348 e. The predicted molar refractivity (Wildman–Crippen MR) is 118 cm³/mol. The van der Waals surface area contributed by atoms with Crippen molar-refractivity contribution in [1.29, 1.82) is 0 Å². The molecule has 0 saturated carbocycles. The number of carbonyl (C=O) groups excluding carboxylic acids is 2. The lowest BCUT2D eigenvalue weighted by atomic mass is 10.0. The zero-order chi connectivity index (χ0) is 21.8. The van der Waals surface area contributed by atoms with Gasteiger partial charge in [0.1, 0.15) is 17.6 Å². The van der Waals surface area contributed by atoms with Crippen molar-refractivity contribution in [1.82, 2.24) is 10.2 Å². The summed E-state index contributed by atoms with van der Waals surface area (Å²) in [7, 11) is 0. The molecular weight excluding hydrogens is 395 g/mol. The summed E-state index contributed by atoms with van der Waals surface area (Å²) in [5.41, 5.74) is 2.29. The van der Waals surface area contributed by atoms with Crippen molar-refractivity contribution in [2.75, 3.05) is 18.1 Å². The lowest BCUT2D eigenvalue weighted by Gasteiger charge is -2.32. The van der Waals surface area contributed by atoms with E-state index in [1.807, 2.05) is 42.5 Å². The highest BCUT2D eigenvalue weighted by atomic mass is 19.1. The first kappa shape index (κ1) is 21.2. The number of anilines is 1. The molecule has 1 fully saturated rings. The van der Waals surface area contributed by atoms with Crippen LogP contribution in [0.1, 0.15) is 31.7 Å². The van der Waals surface area contributed by atoms with Crippen molar-refractivity contribution in [3.8, 4) is 0 Å². The number of hydrogen-bond donors (Lipinski definition) is 1. The van der Waals surface area contributed by atoms with Crippen molar-refractivity contribution >= 4 is 23.1 Å². The van der Waals surface area contributed by atoms with Crippen molar-refractivity contribution in [2.45, 2.75) is 44.8 Å². The molecule has 0 aliphatic carbocycles. The Morgan fingerprint density at radius 3 is 2.39 bits per heavy atom. The number of ketones is 1. The smallest absolute Gasteiger partial charge is 0.267 e. The van der Waals surface area contributed by atoms with E-state index in [4.69, 9.17) is 0 Å². The standard InChI is InChI=1S/C24H27FN4O2/c1-17(30)23-15-22(27-29(23)21-5-3-2-4-6-21)24(31)26-20-11-13-28(14-12-20)16-18-7-9-19(25)10-8-18/h2-10,20,23H,11-16H2,1H3,(H,26,31). The molecule has 2 aromatic rings. The van der Waals surface area contributed by atoms with Crippen LogP contribution in [-0.2, 0) is 16.1 Å². The summed E-state index contributed by atoms with van der Waals surface area (Å²) in [6.07, 6.45) is 2.01. The maximum atomic E-state index is 13.1. The van der Waals surface area contributed by atoms with E-state index >= 15 is 0 Å². The summed E-state index contributed by atoms with van der Waals surface area (Å²) in [5, 5.41) is 9.24. The van der Waals surface area contributed by atoms with Crippen LogP contribution in [0.2, 0.25) is 0 Å². The molecule has 7 heteroatoms. The summed E-state index contributed by atoms with van der Waals surface area (Å²) in [4.78, 5) is 27.3. The van der Waals surface area contributed by atoms with E-state index < -0.39 is 6.04 Å². The number of benzene rings is 2. The third-order valence-corrected chi connectivity index (χ3v) is 5.90. The Bertz CT molecular complexity index is 953. The number of Topliss-reactive ketones (excluding diaryl/α,β-unsaturated/α-hetero) is 1. The number of carbonyl (C=O) groups is 2. The van der Waals surface area contributed by atoms with Gasteiger partial charge in [0.25, 0.3) is 5.91 Å². The van der Waals surface area contributed by atoms with E-state index in [1.54, 1.807) is 5.01 Å². The molecule has 2 aromatic carbocycles. The fourth-order valence-electron chi connectivity index (χ4n) is 4.13. The molecular formula is C24H27FN4O2. The fraction of sp³-hybridized carbons (Fsp3) is 0.375. The molecule has 2 aliphatic heterocycles. The number of rotatable bonds is 6. The number of nitrogens with zero attached hydrogens (tertiary/aromatic N) is 3. The van der Waals surface area contributed by atoms with E-state index in [0.29, 0.717) is 12.1 Å². The van der Waals surface area contributed by atoms with Crippen molar-refractivity contribution in [3.05, 3.63) is 66.0 Å². The number of likely N-dealkylation sites (tertiary alicyclic amines) is 1. The molecule has 2 aliphatic rings. The van der Waals surface area contributed by atoms with Crippen molar-refractivity contribution in [3.63, 3.8) is 0 Å². The summed E-state index contributed by atoms with van der Waals surface area (Å²) in [6, 6.07) is 15.7. The number of hydrogen-bond acceptors (Lipinski definition) is 5. The van der Waals surface area contributed by atoms with Gasteiger partial charge in [-0.1, -0.05) is 30.3 Å². The van der Waals surface area contributed by atoms with Gasteiger partial charge in [0.05, 0.1) is 5.69 Å². The van der Waals surface area contributed by atoms with Gasteiger partial charge in [-0.2, -0.15) is 5.10 Å². The summed E-state index contributed by atoms with van der Waals surface area (Å²) in [6.45, 7) is 4.04. The maximum Gasteiger partial charge on any atom is 0.267 e. The second-order valence-electron chi connectivity index (χ2n) is 8.21. The maximum absolute atomic E-state index is 13.1. The highest BCUT2D eigenvalue weighted by Crippen LogP contribution is 2.25. The quantitative estimate of drug-likeness (QED) is 0.777. The summed E-state index contributed by atoms with van der Waals surface area (Å²) < 4.78 is 13.1. The third-order valence-electron chi connectivity index (χ3n) is 5.90. The van der Waals surface area contributed by atoms with Gasteiger partial charge in [-0.05, 0) is 49.6 Å². The van der Waals surface area contributed by atoms with Gasteiger partial charge in [-0.15, -0.1) is 0 Å². The monoisotopic (exact) mass is 422 g/mol. The Morgan fingerprint density at radius 1 is 1.06 bits per heavy atom. The number of halogens is 1. The first-order valence-electron chi connectivity index (χ1n) is 10.7. The molecule has 0 bridgehead atoms. The summed E-state index contributed by atoms with van der Waals surface area (Å²) >= 11 is 0. The molecule has 6 nitrogen and oxygen atoms in total. The van der Waals surface area contributed by atoms with Gasteiger partial charge < -0.3 is 5.32 Å². The topological polar surface area (TPSA) is 65.0 Å². The predicted octanol–water partition coefficient (Wildman–Crippen LogP) is 3.13. The first-order valence-corrected chi connectivity index (χ1v) is 10.7. The van der Waals surface area contributed by atoms with Crippen LogP contribution < -0.4 is 10.3 Å². The van der Waals surface area contributed by atoms with Crippen LogP contribution >= 0.6 is 0 Å². The van der Waals surface area contributed by atoms with E-state index in [-0.39, 0.29) is 23.5 Å². The molecule has 2 heterocycles. The Morgan fingerprint density at radius 2 is 1.74 bits per heavy atom. The van der Waals surface area contributed by atoms with Crippen LogP contribution in [0.3, 0.4) is 0 Å². The number of nitrogens with one attached hydrogen (secondary N) is 1. The van der Waals surface area contributed by atoms with Crippen LogP contribution in [0.5, 0.6) is 0 Å². The molecule has 1 saturated heterocycles. The average molecular weight is 423 g/mol. The van der Waals surface area contributed by atoms with E-state index in [1.165, 1.54) is 19.1 Å². The third kappa shape index (κ3) is 5.17. The van der Waals surface area contributed by atoms with E-state index in [2.05, 4.69) is 15.3 Å². The normalized spacial score (nSPS) is 19.9. The minimum Gasteiger partial charge on any atom is -0.348 e. The van der Waals surface area contributed by atoms with Crippen LogP contribution in [0.4, 0.5) is 10.1 Å². The molecule has 0 spiro atoms. The zero-order valence-electron chi connectivity index (χ0n) is 17.6. The molecule has 0 aromatic heterocycles. The SMILES string of the molecule is CC(=O)C1CC(C(=O)NC2CCN(Cc3ccc(F)cc3)CC2)=NN1c1ccccc1. The van der Waals surface area contributed by atoms with Gasteiger partial charge in [0.15, 0.2) is 5.78 Å². The fourth-order valence-corrected chi connectivity index (χ4v) is 4.13. The Hall–Kier alpha value is -3.06. The van der Waals surface area contributed by atoms with Crippen LogP contribution in [-0.4, -0.2) is 47.5 Å². The molecule has 1 N–H and O–H groups in total. The van der Waals surface area contributed by atoms with Gasteiger partial charge in [-0.25, -0.2) is 4.39 Å². The van der Waals surface area contributed by atoms with Gasteiger partial charge in [0.2, 0.25) is 0 Å². The number of amides is 1. The second-order valence-corrected chi connectivity index (χ2v) is 8.21. The highest BCUT2D eigenvalue weighted by molar-refractivity contribution is 6.40. The Balaban J connectivity index is 1.32. The number of piperidine rings is 1. The van der Waals surface area contributed by atoms with E-state index in [0.717, 1.165) is 43.7 Å². The minimum absolute atomic E-state index is 0.00972. The molecule has 1 amide bonds. The molecule has 1 atom stereocenters. The molecule has 1 unspecified atom stereocenters. The molecule has 0 radical (unpaired) electrons. The molecule has 162 valence electrons. The molecule has 31 heavy (non-hydrogen) atoms. The lowest BCUT2D eigenvalue weighted by Crippen LogP contribution is -2.46. The van der Waals surface area contributed by atoms with Crippen molar-refractivity contribution in [2.24, 2.45) is 5.10 Å². The van der Waals surface area contributed by atoms with Gasteiger partial charge in [0, 0.05) is 32.1 Å². The van der Waals surface area contributed by atoms with Gasteiger partial charge >= 0.3 is 0 Å².